The van der Waals surface area contributed by atoms with Crippen LogP contribution in [-0.2, 0) is 14.6 Å². The molecule has 0 aliphatic carbocycles. The van der Waals surface area contributed by atoms with E-state index in [-0.39, 0.29) is 10.7 Å². The largest absolute Gasteiger partial charge is 0.294 e. The number of fused-ring (bicyclic) bond motifs is 1. The second kappa shape index (κ2) is 9.35. The minimum atomic E-state index is -3.30. The van der Waals surface area contributed by atoms with E-state index in [1.54, 1.807) is 18.3 Å². The molecule has 4 rings (SSSR count). The summed E-state index contributed by atoms with van der Waals surface area (Å²) in [5.41, 5.74) is 6.35. The van der Waals surface area contributed by atoms with Crippen molar-refractivity contribution in [2.24, 2.45) is 0 Å². The number of sulfone groups is 1. The summed E-state index contributed by atoms with van der Waals surface area (Å²) in [6, 6.07) is 22.9. The quantitative estimate of drug-likeness (QED) is 0.237. The van der Waals surface area contributed by atoms with Gasteiger partial charge in [0.15, 0.2) is 15.6 Å². The zero-order valence-corrected chi connectivity index (χ0v) is 20.6. The highest BCUT2D eigenvalue weighted by molar-refractivity contribution is 7.90. The molecule has 0 bridgehead atoms. The fraction of sp³-hybridized carbons (Fsp3) is 0.172. The molecule has 5 heteroatoms. The Morgan fingerprint density at radius 2 is 1.68 bits per heavy atom. The summed E-state index contributed by atoms with van der Waals surface area (Å²) in [7, 11) is -3.30. The van der Waals surface area contributed by atoms with Crippen LogP contribution in [0.2, 0.25) is 0 Å². The third-order valence-electron chi connectivity index (χ3n) is 5.88. The van der Waals surface area contributed by atoms with E-state index < -0.39 is 9.84 Å². The highest BCUT2D eigenvalue weighted by Gasteiger charge is 2.13. The maximum atomic E-state index is 12.5. The first-order chi connectivity index (χ1) is 16.1. The lowest BCUT2D eigenvalue weighted by molar-refractivity contribution is -0.111. The predicted molar refractivity (Wildman–Crippen MR) is 139 cm³/mol. The minimum absolute atomic E-state index is 0.0913. The van der Waals surface area contributed by atoms with Crippen LogP contribution < -0.4 is 0 Å². The van der Waals surface area contributed by atoms with E-state index >= 15 is 0 Å². The molecule has 4 nitrogen and oxygen atoms in total. The van der Waals surface area contributed by atoms with Gasteiger partial charge < -0.3 is 0 Å². The summed E-state index contributed by atoms with van der Waals surface area (Å²) in [5.74, 6) is 0.289. The van der Waals surface area contributed by atoms with Crippen molar-refractivity contribution in [1.82, 2.24) is 4.98 Å². The summed E-state index contributed by atoms with van der Waals surface area (Å²) >= 11 is 0. The summed E-state index contributed by atoms with van der Waals surface area (Å²) in [5, 5.41) is 1.10. The van der Waals surface area contributed by atoms with E-state index in [2.05, 4.69) is 49.2 Å². The van der Waals surface area contributed by atoms with E-state index in [0.717, 1.165) is 27.6 Å². The first kappa shape index (κ1) is 23.6. The number of pyridine rings is 1. The molecule has 0 atom stereocenters. The zero-order chi connectivity index (χ0) is 24.5. The highest BCUT2D eigenvalue weighted by Crippen LogP contribution is 2.32. The minimum Gasteiger partial charge on any atom is -0.294 e. The summed E-state index contributed by atoms with van der Waals surface area (Å²) in [6.45, 7) is 5.87. The summed E-state index contributed by atoms with van der Waals surface area (Å²) < 4.78 is 23.6. The van der Waals surface area contributed by atoms with Crippen molar-refractivity contribution in [2.75, 3.05) is 6.26 Å². The normalized spacial score (nSPS) is 12.3. The lowest BCUT2D eigenvalue weighted by Crippen LogP contribution is -1.99. The second-order valence-corrected chi connectivity index (χ2v) is 10.9. The van der Waals surface area contributed by atoms with Gasteiger partial charge in [0.05, 0.1) is 10.4 Å². The second-order valence-electron chi connectivity index (χ2n) is 8.83. The Bertz CT molecular complexity index is 1520. The van der Waals surface area contributed by atoms with Crippen LogP contribution in [0.25, 0.3) is 33.7 Å². The molecule has 0 aliphatic rings. The number of allylic oxidation sites excluding steroid dienone is 1. The molecule has 0 N–H and O–H groups in total. The molecule has 0 saturated carbocycles. The Morgan fingerprint density at radius 3 is 2.32 bits per heavy atom. The van der Waals surface area contributed by atoms with Crippen LogP contribution in [0.15, 0.2) is 83.9 Å². The Kier molecular flexibility index (Phi) is 6.49. The Balaban J connectivity index is 1.81. The SMILES string of the molecule is CC(=O)/C(=C/c1cccc(-c2cc(C(C)C)cc3cccnc23)c1)c1ccc(S(C)(=O)=O)cc1. The third-order valence-corrected chi connectivity index (χ3v) is 7.00. The van der Waals surface area contributed by atoms with Crippen LogP contribution in [-0.4, -0.2) is 25.4 Å². The molecule has 0 saturated heterocycles. The van der Waals surface area contributed by atoms with Gasteiger partial charge in [0, 0.05) is 29.0 Å². The standard InChI is InChI=1S/C29H27NO3S/c1-19(2)25-17-24-9-6-14-30-29(24)28(18-25)23-8-5-7-21(15-23)16-27(20(3)31)22-10-12-26(13-11-22)34(4,32)33/h5-19H,1-4H3/b27-16-. The summed E-state index contributed by atoms with van der Waals surface area (Å²) in [4.78, 5) is 17.3. The molecular weight excluding hydrogens is 442 g/mol. The van der Waals surface area contributed by atoms with Gasteiger partial charge in [-0.25, -0.2) is 8.42 Å². The van der Waals surface area contributed by atoms with Gasteiger partial charge in [0.2, 0.25) is 0 Å². The first-order valence-electron chi connectivity index (χ1n) is 11.2. The molecule has 1 aromatic heterocycles. The van der Waals surface area contributed by atoms with Gasteiger partial charge in [-0.1, -0.05) is 50.2 Å². The van der Waals surface area contributed by atoms with Crippen LogP contribution in [0.1, 0.15) is 43.4 Å². The smallest absolute Gasteiger partial charge is 0.175 e. The van der Waals surface area contributed by atoms with Gasteiger partial charge in [-0.05, 0) is 77.6 Å². The van der Waals surface area contributed by atoms with Gasteiger partial charge in [0.1, 0.15) is 0 Å². The monoisotopic (exact) mass is 469 g/mol. The van der Waals surface area contributed by atoms with Crippen molar-refractivity contribution >= 4 is 38.2 Å². The number of aromatic nitrogens is 1. The van der Waals surface area contributed by atoms with E-state index in [9.17, 15) is 13.2 Å². The number of nitrogens with zero attached hydrogens (tertiary/aromatic N) is 1. The van der Waals surface area contributed by atoms with E-state index in [4.69, 9.17) is 0 Å². The molecule has 1 heterocycles. The Hall–Kier alpha value is -3.57. The molecule has 0 fully saturated rings. The lowest BCUT2D eigenvalue weighted by Gasteiger charge is -2.13. The number of rotatable bonds is 6. The van der Waals surface area contributed by atoms with Crippen LogP contribution in [0, 0.1) is 0 Å². The van der Waals surface area contributed by atoms with Crippen molar-refractivity contribution in [3.05, 3.63) is 95.7 Å². The molecule has 34 heavy (non-hydrogen) atoms. The van der Waals surface area contributed by atoms with Gasteiger partial charge in [-0.3, -0.25) is 9.78 Å². The van der Waals surface area contributed by atoms with Crippen LogP contribution in [0.4, 0.5) is 0 Å². The third kappa shape index (κ3) is 5.00. The number of ketones is 1. The van der Waals surface area contributed by atoms with Gasteiger partial charge in [-0.15, -0.1) is 0 Å². The number of benzene rings is 3. The molecule has 3 aromatic carbocycles. The molecule has 0 unspecified atom stereocenters. The van der Waals surface area contributed by atoms with Crippen LogP contribution in [0.5, 0.6) is 0 Å². The number of hydrogen-bond donors (Lipinski definition) is 0. The average molecular weight is 470 g/mol. The maximum Gasteiger partial charge on any atom is 0.175 e. The molecule has 0 amide bonds. The van der Waals surface area contributed by atoms with Gasteiger partial charge >= 0.3 is 0 Å². The highest BCUT2D eigenvalue weighted by atomic mass is 32.2. The van der Waals surface area contributed by atoms with Crippen molar-refractivity contribution in [1.29, 1.82) is 0 Å². The van der Waals surface area contributed by atoms with E-state index in [1.807, 2.05) is 24.3 Å². The Labute approximate surface area is 200 Å². The van der Waals surface area contributed by atoms with Crippen molar-refractivity contribution in [3.8, 4) is 11.1 Å². The molecule has 0 aliphatic heterocycles. The lowest BCUT2D eigenvalue weighted by atomic mass is 9.93. The van der Waals surface area contributed by atoms with E-state index in [0.29, 0.717) is 17.1 Å². The molecule has 172 valence electrons. The van der Waals surface area contributed by atoms with E-state index in [1.165, 1.54) is 30.9 Å². The van der Waals surface area contributed by atoms with Crippen LogP contribution in [0.3, 0.4) is 0 Å². The predicted octanol–water partition coefficient (Wildman–Crippen LogP) is 6.56. The maximum absolute atomic E-state index is 12.5. The first-order valence-corrected chi connectivity index (χ1v) is 13.0. The van der Waals surface area contributed by atoms with Crippen LogP contribution >= 0.6 is 0 Å². The zero-order valence-electron chi connectivity index (χ0n) is 19.7. The van der Waals surface area contributed by atoms with Crippen molar-refractivity contribution < 1.29 is 13.2 Å². The van der Waals surface area contributed by atoms with Crippen molar-refractivity contribution in [3.63, 3.8) is 0 Å². The average Bonchev–Trinajstić information content (AvgIpc) is 2.81. The molecule has 0 radical (unpaired) electrons. The molecule has 0 spiro atoms. The number of hydrogen-bond acceptors (Lipinski definition) is 4. The molecular formula is C29H27NO3S. The number of carbonyl (C=O) groups is 1. The fourth-order valence-corrected chi connectivity index (χ4v) is 4.63. The topological polar surface area (TPSA) is 64.1 Å². The Morgan fingerprint density at radius 1 is 0.941 bits per heavy atom. The van der Waals surface area contributed by atoms with Gasteiger partial charge in [-0.2, -0.15) is 0 Å². The molecule has 4 aromatic rings. The number of Topliss-reactive ketones (excluding diaryl/α,β-unsaturated/α-hetero) is 1. The fourth-order valence-electron chi connectivity index (χ4n) is 4.00. The summed E-state index contributed by atoms with van der Waals surface area (Å²) in [6.07, 6.45) is 4.82. The van der Waals surface area contributed by atoms with Gasteiger partial charge in [0.25, 0.3) is 0 Å². The van der Waals surface area contributed by atoms with Crippen molar-refractivity contribution in [2.45, 2.75) is 31.6 Å². The number of carbonyl (C=O) groups excluding carboxylic acids is 1.